The number of aromatic nitrogens is 3. The molecule has 1 aliphatic rings. The Balaban J connectivity index is 1.26. The topological polar surface area (TPSA) is 102 Å². The molecule has 1 fully saturated rings. The number of ether oxygens (including phenoxy) is 1. The van der Waals surface area contributed by atoms with Crippen molar-refractivity contribution in [2.45, 2.75) is 13.3 Å². The smallest absolute Gasteiger partial charge is 0.406 e. The number of rotatable bonds is 5. The number of urea groups is 1. The van der Waals surface area contributed by atoms with Crippen LogP contribution in [0, 0.1) is 6.92 Å². The van der Waals surface area contributed by atoms with Crippen LogP contribution in [0.15, 0.2) is 78.0 Å². The van der Waals surface area contributed by atoms with Crippen molar-refractivity contribution >= 4 is 51.8 Å². The highest BCUT2D eigenvalue weighted by Crippen LogP contribution is 2.35. The Hall–Kier alpha value is -4.36. The van der Waals surface area contributed by atoms with Gasteiger partial charge in [0.1, 0.15) is 12.1 Å². The number of aliphatic imine (C=N–C) groups is 1. The van der Waals surface area contributed by atoms with Crippen LogP contribution in [0.4, 0.5) is 29.3 Å². The second kappa shape index (κ2) is 11.0. The highest BCUT2D eigenvalue weighted by atomic mass is 35.5. The number of anilines is 2. The highest BCUT2D eigenvalue weighted by molar-refractivity contribution is 8.15. The number of hydrogen-bond acceptors (Lipinski definition) is 6. The van der Waals surface area contributed by atoms with Gasteiger partial charge in [0.15, 0.2) is 11.0 Å². The molecule has 0 bridgehead atoms. The normalized spacial score (nSPS) is 14.6. The van der Waals surface area contributed by atoms with E-state index >= 15 is 0 Å². The monoisotopic (exact) mass is 586 g/mol. The van der Waals surface area contributed by atoms with Gasteiger partial charge in [-0.2, -0.15) is 4.99 Å². The molecule has 0 saturated carbocycles. The lowest BCUT2D eigenvalue weighted by atomic mass is 10.2. The van der Waals surface area contributed by atoms with Crippen molar-refractivity contribution in [1.82, 2.24) is 14.8 Å². The van der Waals surface area contributed by atoms with E-state index in [1.807, 2.05) is 13.0 Å². The number of carbonyl (C=O) groups excluding carboxylic acids is 2. The van der Waals surface area contributed by atoms with Gasteiger partial charge in [-0.05, 0) is 67.1 Å². The van der Waals surface area contributed by atoms with Gasteiger partial charge in [-0.1, -0.05) is 35.5 Å². The number of nitrogens with zero attached hydrogens (tertiary/aromatic N) is 5. The molecular weight excluding hydrogens is 569 g/mol. The van der Waals surface area contributed by atoms with E-state index in [4.69, 9.17) is 11.6 Å². The molecule has 9 nitrogen and oxygen atoms in total. The molecule has 0 aliphatic carbocycles. The minimum atomic E-state index is -4.77. The molecule has 5 rings (SSSR count). The number of thioether (sulfide) groups is 1. The van der Waals surface area contributed by atoms with Gasteiger partial charge < -0.3 is 10.1 Å². The summed E-state index contributed by atoms with van der Waals surface area (Å²) in [5.41, 5.74) is 2.84. The zero-order valence-electron chi connectivity index (χ0n) is 20.5. The van der Waals surface area contributed by atoms with E-state index in [2.05, 4.69) is 25.1 Å². The molecule has 40 heavy (non-hydrogen) atoms. The number of alkyl halides is 3. The number of halogens is 4. The Morgan fingerprint density at radius 2 is 1.82 bits per heavy atom. The number of aryl methyl sites for hydroxylation is 1. The van der Waals surface area contributed by atoms with Gasteiger partial charge in [0.25, 0.3) is 0 Å². The third-order valence-electron chi connectivity index (χ3n) is 5.60. The minimum absolute atomic E-state index is 0.136. The Labute approximate surface area is 234 Å². The van der Waals surface area contributed by atoms with Gasteiger partial charge in [0.05, 0.1) is 22.2 Å². The standard InChI is InChI=1S/C26H18ClF3N6O3S/c1-15-3-2-4-20(27)22(15)36-21(37)13-40-25(36)33-24(38)32-17-7-5-16(6-8-17)23-31-14-35(34-23)18-9-11-19(12-10-18)39-26(28,29)30/h2-12,14H,13H2,1H3,(H,32,38). The molecule has 204 valence electrons. The zero-order valence-corrected chi connectivity index (χ0v) is 22.1. The molecule has 2 heterocycles. The van der Waals surface area contributed by atoms with Crippen LogP contribution in [0.3, 0.4) is 0 Å². The quantitative estimate of drug-likeness (QED) is 0.288. The lowest BCUT2D eigenvalue weighted by molar-refractivity contribution is -0.274. The Bertz CT molecular complexity index is 1590. The molecule has 0 unspecified atom stereocenters. The van der Waals surface area contributed by atoms with E-state index in [9.17, 15) is 22.8 Å². The fraction of sp³-hybridized carbons (Fsp3) is 0.115. The first-order valence-electron chi connectivity index (χ1n) is 11.6. The van der Waals surface area contributed by atoms with Crippen LogP contribution in [-0.4, -0.2) is 44.0 Å². The van der Waals surface area contributed by atoms with E-state index in [1.54, 1.807) is 36.4 Å². The molecule has 4 aromatic rings. The molecular formula is C26H18ClF3N6O3S. The number of amidine groups is 1. The average Bonchev–Trinajstić information content (AvgIpc) is 3.52. The summed E-state index contributed by atoms with van der Waals surface area (Å²) in [5, 5.41) is 7.63. The molecule has 3 amide bonds. The van der Waals surface area contributed by atoms with Crippen molar-refractivity contribution in [3.05, 3.63) is 83.6 Å². The first-order valence-corrected chi connectivity index (χ1v) is 12.9. The lowest BCUT2D eigenvalue weighted by Crippen LogP contribution is -2.31. The number of benzene rings is 3. The summed E-state index contributed by atoms with van der Waals surface area (Å²) < 4.78 is 42.4. The van der Waals surface area contributed by atoms with E-state index < -0.39 is 12.4 Å². The predicted octanol–water partition coefficient (Wildman–Crippen LogP) is 6.46. The third-order valence-corrected chi connectivity index (χ3v) is 6.82. The van der Waals surface area contributed by atoms with Gasteiger partial charge in [-0.25, -0.2) is 14.5 Å². The second-order valence-corrected chi connectivity index (χ2v) is 9.73. The number of carbonyl (C=O) groups is 2. The van der Waals surface area contributed by atoms with Crippen LogP contribution in [-0.2, 0) is 4.79 Å². The number of hydrogen-bond donors (Lipinski definition) is 1. The Morgan fingerprint density at radius 1 is 1.10 bits per heavy atom. The highest BCUT2D eigenvalue weighted by Gasteiger charge is 2.33. The number of amides is 3. The van der Waals surface area contributed by atoms with Gasteiger partial charge in [-0.3, -0.25) is 9.69 Å². The Kier molecular flexibility index (Phi) is 7.50. The summed E-state index contributed by atoms with van der Waals surface area (Å²) in [6, 6.07) is 16.5. The van der Waals surface area contributed by atoms with Crippen molar-refractivity contribution in [3.8, 4) is 22.8 Å². The zero-order chi connectivity index (χ0) is 28.4. The summed E-state index contributed by atoms with van der Waals surface area (Å²) in [6.07, 6.45) is -3.35. The molecule has 0 atom stereocenters. The lowest BCUT2D eigenvalue weighted by Gasteiger charge is -2.19. The second-order valence-electron chi connectivity index (χ2n) is 8.38. The largest absolute Gasteiger partial charge is 0.573 e. The van der Waals surface area contributed by atoms with E-state index in [0.29, 0.717) is 33.5 Å². The fourth-order valence-corrected chi connectivity index (χ4v) is 4.99. The number of para-hydroxylation sites is 1. The first kappa shape index (κ1) is 27.2. The molecule has 1 saturated heterocycles. The molecule has 3 aromatic carbocycles. The van der Waals surface area contributed by atoms with Crippen LogP contribution in [0.1, 0.15) is 5.56 Å². The van der Waals surface area contributed by atoms with E-state index in [0.717, 1.165) is 17.3 Å². The predicted molar refractivity (Wildman–Crippen MR) is 146 cm³/mol. The maximum absolute atomic E-state index is 12.7. The van der Waals surface area contributed by atoms with Crippen LogP contribution in [0.5, 0.6) is 5.75 Å². The molecule has 14 heteroatoms. The van der Waals surface area contributed by atoms with Crippen molar-refractivity contribution in [3.63, 3.8) is 0 Å². The molecule has 1 aliphatic heterocycles. The van der Waals surface area contributed by atoms with Crippen molar-refractivity contribution in [2.24, 2.45) is 4.99 Å². The summed E-state index contributed by atoms with van der Waals surface area (Å²) in [5.74, 6) is -0.0736. The van der Waals surface area contributed by atoms with Gasteiger partial charge in [0, 0.05) is 11.3 Å². The van der Waals surface area contributed by atoms with Crippen molar-refractivity contribution in [1.29, 1.82) is 0 Å². The van der Waals surface area contributed by atoms with Crippen LogP contribution >= 0.6 is 23.4 Å². The third kappa shape index (κ3) is 6.10. The van der Waals surface area contributed by atoms with Gasteiger partial charge in [-0.15, -0.1) is 18.3 Å². The minimum Gasteiger partial charge on any atom is -0.406 e. The Morgan fingerprint density at radius 3 is 2.50 bits per heavy atom. The summed E-state index contributed by atoms with van der Waals surface area (Å²) in [4.78, 5) is 34.9. The van der Waals surface area contributed by atoms with Crippen LogP contribution < -0.4 is 15.0 Å². The van der Waals surface area contributed by atoms with E-state index in [1.165, 1.54) is 40.2 Å². The summed E-state index contributed by atoms with van der Waals surface area (Å²) in [6.45, 7) is 1.82. The first-order chi connectivity index (χ1) is 19.1. The molecule has 1 N–H and O–H groups in total. The SMILES string of the molecule is Cc1cccc(Cl)c1N1C(=O)CSC1=NC(=O)Nc1ccc(-c2ncn(-c3ccc(OC(F)(F)F)cc3)n2)cc1. The average molecular weight is 587 g/mol. The van der Waals surface area contributed by atoms with Crippen LogP contribution in [0.25, 0.3) is 17.1 Å². The number of nitrogens with one attached hydrogen (secondary N) is 1. The fourth-order valence-electron chi connectivity index (χ4n) is 3.83. The van der Waals surface area contributed by atoms with Crippen molar-refractivity contribution < 1.29 is 27.5 Å². The molecule has 0 spiro atoms. The van der Waals surface area contributed by atoms with Gasteiger partial charge in [0.2, 0.25) is 5.91 Å². The van der Waals surface area contributed by atoms with Crippen LogP contribution in [0.2, 0.25) is 5.02 Å². The molecule has 1 aromatic heterocycles. The maximum atomic E-state index is 12.7. The summed E-state index contributed by atoms with van der Waals surface area (Å²) >= 11 is 7.47. The van der Waals surface area contributed by atoms with E-state index in [-0.39, 0.29) is 22.6 Å². The summed E-state index contributed by atoms with van der Waals surface area (Å²) in [7, 11) is 0. The van der Waals surface area contributed by atoms with Gasteiger partial charge >= 0.3 is 12.4 Å². The maximum Gasteiger partial charge on any atom is 0.573 e. The molecule has 0 radical (unpaired) electrons. The van der Waals surface area contributed by atoms with Crippen molar-refractivity contribution in [2.75, 3.05) is 16.0 Å².